The van der Waals surface area contributed by atoms with Crippen LogP contribution in [0.5, 0.6) is 11.5 Å². The van der Waals surface area contributed by atoms with Crippen molar-refractivity contribution in [1.29, 1.82) is 0 Å². The van der Waals surface area contributed by atoms with E-state index in [0.717, 1.165) is 0 Å². The van der Waals surface area contributed by atoms with Gasteiger partial charge in [0.05, 0.1) is 25.8 Å². The number of ether oxygens (including phenoxy) is 2. The molecule has 10 nitrogen and oxygen atoms in total. The number of methoxy groups -OCH3 is 2. The fourth-order valence-electron chi connectivity index (χ4n) is 3.57. The molecule has 3 N–H and O–H groups in total. The van der Waals surface area contributed by atoms with Gasteiger partial charge in [0, 0.05) is 22.6 Å². The Morgan fingerprint density at radius 2 is 1.69 bits per heavy atom. The zero-order valence-electron chi connectivity index (χ0n) is 19.5. The first-order chi connectivity index (χ1) is 17.5. The lowest BCUT2D eigenvalue weighted by Crippen LogP contribution is -2.40. The summed E-state index contributed by atoms with van der Waals surface area (Å²) in [7, 11) is 3.05. The minimum atomic E-state index is -1.26. The maximum atomic E-state index is 13.3. The van der Waals surface area contributed by atoms with Crippen LogP contribution in [0.1, 0.15) is 27.7 Å². The standard InChI is InChI=1S/C26H23N5O5/c1-35-18-13-12-17(21(14-18)36-2)15-27-30-26(34)23(28-24(32)16-8-4-3-5-9-16)22-19-10-6-7-11-20(19)25(33)31-29-22/h3-15,23H,1-2H3,(H,28,32)(H,30,34)(H,31,33)/t23-/m1/s1. The number of aromatic nitrogens is 2. The zero-order valence-corrected chi connectivity index (χ0v) is 19.5. The number of fused-ring (bicyclic) bond motifs is 1. The van der Waals surface area contributed by atoms with E-state index < -0.39 is 23.4 Å². The van der Waals surface area contributed by atoms with Crippen molar-refractivity contribution in [2.45, 2.75) is 6.04 Å². The lowest BCUT2D eigenvalue weighted by molar-refractivity contribution is -0.123. The molecule has 0 aliphatic heterocycles. The van der Waals surface area contributed by atoms with Gasteiger partial charge in [-0.15, -0.1) is 0 Å². The fraction of sp³-hybridized carbons (Fsp3) is 0.115. The number of benzene rings is 3. The number of amides is 2. The van der Waals surface area contributed by atoms with Crippen molar-refractivity contribution in [2.75, 3.05) is 14.2 Å². The first kappa shape index (κ1) is 24.1. The fourth-order valence-corrected chi connectivity index (χ4v) is 3.57. The molecule has 2 amide bonds. The molecule has 0 saturated carbocycles. The molecule has 1 aromatic heterocycles. The van der Waals surface area contributed by atoms with Crippen LogP contribution in [0, 0.1) is 0 Å². The number of nitrogens with zero attached hydrogens (tertiary/aromatic N) is 2. The van der Waals surface area contributed by atoms with Crippen LogP contribution in [0.4, 0.5) is 0 Å². The Morgan fingerprint density at radius 3 is 2.42 bits per heavy atom. The van der Waals surface area contributed by atoms with Gasteiger partial charge >= 0.3 is 0 Å². The molecule has 182 valence electrons. The molecule has 0 saturated heterocycles. The molecule has 3 aromatic carbocycles. The van der Waals surface area contributed by atoms with Crippen LogP contribution < -0.4 is 25.8 Å². The van der Waals surface area contributed by atoms with E-state index in [-0.39, 0.29) is 5.69 Å². The van der Waals surface area contributed by atoms with Crippen molar-refractivity contribution in [3.63, 3.8) is 0 Å². The van der Waals surface area contributed by atoms with Crippen LogP contribution >= 0.6 is 0 Å². The lowest BCUT2D eigenvalue weighted by atomic mass is 10.0. The van der Waals surface area contributed by atoms with E-state index in [1.807, 2.05) is 0 Å². The lowest BCUT2D eigenvalue weighted by Gasteiger charge is -2.18. The van der Waals surface area contributed by atoms with Crippen molar-refractivity contribution in [3.8, 4) is 11.5 Å². The summed E-state index contributed by atoms with van der Waals surface area (Å²) >= 11 is 0. The van der Waals surface area contributed by atoms with E-state index in [2.05, 4.69) is 26.0 Å². The average Bonchev–Trinajstić information content (AvgIpc) is 2.92. The Kier molecular flexibility index (Phi) is 7.35. The molecule has 4 aromatic rings. The third kappa shape index (κ3) is 5.22. The first-order valence-electron chi connectivity index (χ1n) is 10.9. The Bertz CT molecular complexity index is 1480. The Labute approximate surface area is 206 Å². The summed E-state index contributed by atoms with van der Waals surface area (Å²) < 4.78 is 10.5. The summed E-state index contributed by atoms with van der Waals surface area (Å²) in [6, 6.07) is 19.0. The van der Waals surface area contributed by atoms with Gasteiger partial charge in [0.2, 0.25) is 0 Å². The second kappa shape index (κ2) is 11.0. The number of hydrogen-bond donors (Lipinski definition) is 3. The molecule has 0 bridgehead atoms. The van der Waals surface area contributed by atoms with E-state index in [9.17, 15) is 14.4 Å². The predicted molar refractivity (Wildman–Crippen MR) is 134 cm³/mol. The van der Waals surface area contributed by atoms with Crippen LogP contribution in [0.3, 0.4) is 0 Å². The van der Waals surface area contributed by atoms with E-state index in [4.69, 9.17) is 9.47 Å². The van der Waals surface area contributed by atoms with Crippen LogP contribution in [-0.2, 0) is 4.79 Å². The minimum Gasteiger partial charge on any atom is -0.497 e. The minimum absolute atomic E-state index is 0.171. The number of carbonyl (C=O) groups is 2. The molecule has 0 fully saturated rings. The largest absolute Gasteiger partial charge is 0.497 e. The molecule has 1 atom stereocenters. The van der Waals surface area contributed by atoms with E-state index in [1.54, 1.807) is 79.9 Å². The molecule has 0 radical (unpaired) electrons. The number of rotatable bonds is 8. The summed E-state index contributed by atoms with van der Waals surface area (Å²) in [5.41, 5.74) is 3.15. The van der Waals surface area contributed by atoms with Crippen LogP contribution in [0.2, 0.25) is 0 Å². The molecule has 4 rings (SSSR count). The Hall–Kier alpha value is -4.99. The van der Waals surface area contributed by atoms with Crippen molar-refractivity contribution >= 4 is 28.8 Å². The Balaban J connectivity index is 1.66. The highest BCUT2D eigenvalue weighted by atomic mass is 16.5. The zero-order chi connectivity index (χ0) is 25.5. The smallest absolute Gasteiger partial charge is 0.272 e. The highest BCUT2D eigenvalue weighted by Gasteiger charge is 2.27. The molecular formula is C26H23N5O5. The second-order valence-electron chi connectivity index (χ2n) is 7.60. The average molecular weight is 486 g/mol. The maximum Gasteiger partial charge on any atom is 0.272 e. The van der Waals surface area contributed by atoms with Crippen LogP contribution in [0.25, 0.3) is 10.8 Å². The van der Waals surface area contributed by atoms with Crippen molar-refractivity contribution in [3.05, 3.63) is 100.0 Å². The maximum absolute atomic E-state index is 13.3. The van der Waals surface area contributed by atoms with Gasteiger partial charge in [-0.25, -0.2) is 10.5 Å². The van der Waals surface area contributed by atoms with Gasteiger partial charge < -0.3 is 14.8 Å². The molecule has 0 aliphatic rings. The summed E-state index contributed by atoms with van der Waals surface area (Å²) in [6.07, 6.45) is 1.41. The molecule has 1 heterocycles. The topological polar surface area (TPSA) is 135 Å². The highest BCUT2D eigenvalue weighted by molar-refractivity contribution is 5.99. The summed E-state index contributed by atoms with van der Waals surface area (Å²) in [5.74, 6) is -0.0522. The monoisotopic (exact) mass is 485 g/mol. The number of aromatic amines is 1. The number of hydrogen-bond acceptors (Lipinski definition) is 7. The number of H-pyrrole nitrogens is 1. The van der Waals surface area contributed by atoms with Crippen molar-refractivity contribution < 1.29 is 19.1 Å². The summed E-state index contributed by atoms with van der Waals surface area (Å²) in [5, 5.41) is 14.0. The normalized spacial score (nSPS) is 11.7. The molecule has 36 heavy (non-hydrogen) atoms. The van der Waals surface area contributed by atoms with Gasteiger partial charge in [0.25, 0.3) is 17.4 Å². The summed E-state index contributed by atoms with van der Waals surface area (Å²) in [4.78, 5) is 38.4. The van der Waals surface area contributed by atoms with Crippen LogP contribution in [0.15, 0.2) is 82.7 Å². The van der Waals surface area contributed by atoms with Crippen molar-refractivity contribution in [2.24, 2.45) is 5.10 Å². The molecule has 0 unspecified atom stereocenters. The van der Waals surface area contributed by atoms with E-state index in [0.29, 0.717) is 33.4 Å². The molecule has 10 heteroatoms. The third-order valence-electron chi connectivity index (χ3n) is 5.39. The SMILES string of the molecule is COc1ccc(C=NNC(=O)[C@H](NC(=O)c2ccccc2)c2n[nH]c(=O)c3ccccc23)c(OC)c1. The highest BCUT2D eigenvalue weighted by Crippen LogP contribution is 2.23. The second-order valence-corrected chi connectivity index (χ2v) is 7.60. The number of nitrogens with one attached hydrogen (secondary N) is 3. The quantitative estimate of drug-likeness (QED) is 0.259. The van der Waals surface area contributed by atoms with Gasteiger partial charge in [0.15, 0.2) is 6.04 Å². The van der Waals surface area contributed by atoms with Gasteiger partial charge in [0.1, 0.15) is 17.2 Å². The number of hydrazone groups is 1. The van der Waals surface area contributed by atoms with Gasteiger partial charge in [-0.05, 0) is 30.3 Å². The van der Waals surface area contributed by atoms with E-state index in [1.165, 1.54) is 13.3 Å². The van der Waals surface area contributed by atoms with Crippen molar-refractivity contribution in [1.82, 2.24) is 20.9 Å². The predicted octanol–water partition coefficient (Wildman–Crippen LogP) is 2.56. The van der Waals surface area contributed by atoms with Crippen LogP contribution in [-0.4, -0.2) is 42.4 Å². The van der Waals surface area contributed by atoms with Gasteiger partial charge in [-0.1, -0.05) is 36.4 Å². The molecule has 0 aliphatic carbocycles. The van der Waals surface area contributed by atoms with Gasteiger partial charge in [-0.3, -0.25) is 14.4 Å². The summed E-state index contributed by atoms with van der Waals surface area (Å²) in [6.45, 7) is 0. The first-order valence-corrected chi connectivity index (χ1v) is 10.9. The van der Waals surface area contributed by atoms with Gasteiger partial charge in [-0.2, -0.15) is 10.2 Å². The number of carbonyl (C=O) groups excluding carboxylic acids is 2. The van der Waals surface area contributed by atoms with E-state index >= 15 is 0 Å². The third-order valence-corrected chi connectivity index (χ3v) is 5.39. The Morgan fingerprint density at radius 1 is 0.972 bits per heavy atom. The molecule has 0 spiro atoms. The molecular weight excluding hydrogens is 462 g/mol.